The molecule has 0 heterocycles. The van der Waals surface area contributed by atoms with Crippen LogP contribution < -0.4 is 27.6 Å². The Morgan fingerprint density at radius 1 is 1.07 bits per heavy atom. The number of benzene rings is 2. The van der Waals surface area contributed by atoms with Gasteiger partial charge in [-0.3, -0.25) is 19.6 Å². The van der Waals surface area contributed by atoms with E-state index in [1.807, 2.05) is 0 Å². The molecule has 0 aliphatic carbocycles. The molecule has 0 aliphatic heterocycles. The Kier molecular flexibility index (Phi) is 7.78. The summed E-state index contributed by atoms with van der Waals surface area (Å²) in [6.07, 6.45) is 0.199. The molecule has 0 aromatic heterocycles. The molecule has 0 bridgehead atoms. The number of halogens is 1. The maximum Gasteiger partial charge on any atom is 0.267 e. The van der Waals surface area contributed by atoms with Gasteiger partial charge in [-0.1, -0.05) is 18.2 Å². The minimum atomic E-state index is -1.16. The molecule has 2 aromatic carbocycles. The predicted molar refractivity (Wildman–Crippen MR) is 104 cm³/mol. The summed E-state index contributed by atoms with van der Waals surface area (Å²) in [7, 11) is 0. The largest absolute Gasteiger partial charge is 0.339 e. The number of hydrogen-bond donors (Lipinski definition) is 6. The minimum absolute atomic E-state index is 0.0129. The van der Waals surface area contributed by atoms with Crippen LogP contribution in [0.25, 0.3) is 11.1 Å². The normalized spacial score (nSPS) is 11.4. The summed E-state index contributed by atoms with van der Waals surface area (Å²) in [6.45, 7) is -0.00137. The average molecular weight is 403 g/mol. The van der Waals surface area contributed by atoms with E-state index in [-0.39, 0.29) is 36.5 Å². The van der Waals surface area contributed by atoms with E-state index in [2.05, 4.69) is 10.6 Å². The molecule has 0 spiro atoms. The number of hydrogen-bond acceptors (Lipinski definition) is 6. The van der Waals surface area contributed by atoms with Crippen LogP contribution in [0.3, 0.4) is 0 Å². The van der Waals surface area contributed by atoms with Crippen LogP contribution in [0.5, 0.6) is 0 Å². The molecule has 0 unspecified atom stereocenters. The molecule has 9 nitrogen and oxygen atoms in total. The second-order valence-electron chi connectivity index (χ2n) is 6.10. The van der Waals surface area contributed by atoms with Crippen molar-refractivity contribution >= 4 is 23.4 Å². The van der Waals surface area contributed by atoms with Crippen molar-refractivity contribution < 1.29 is 24.0 Å². The lowest BCUT2D eigenvalue weighted by Crippen LogP contribution is -2.50. The van der Waals surface area contributed by atoms with E-state index in [1.165, 1.54) is 17.6 Å². The second kappa shape index (κ2) is 10.3. The van der Waals surface area contributed by atoms with Gasteiger partial charge in [0.25, 0.3) is 11.8 Å². The van der Waals surface area contributed by atoms with Crippen LogP contribution >= 0.6 is 0 Å². The van der Waals surface area contributed by atoms with Crippen LogP contribution in [0.15, 0.2) is 42.5 Å². The van der Waals surface area contributed by atoms with E-state index in [1.54, 1.807) is 24.3 Å². The molecule has 2 rings (SSSR count). The number of anilines is 1. The third kappa shape index (κ3) is 5.82. The van der Waals surface area contributed by atoms with Crippen LogP contribution in [-0.2, 0) is 9.59 Å². The van der Waals surface area contributed by atoms with Gasteiger partial charge < -0.3 is 22.1 Å². The predicted octanol–water partition coefficient (Wildman–Crippen LogP) is 0.343. The molecule has 10 heteroatoms. The standard InChI is InChI=1S/C19H22FN5O4/c20-15-9-12(18(27)24-16(10-22)19(28)25-29)3-6-14(15)11-1-4-13(5-2-11)23-17(26)7-8-21/h1-6,9,16,29H,7-8,10,21-22H2,(H,23,26)(H,24,27)(H,25,28)/t16-/m0/s1. The van der Waals surface area contributed by atoms with Gasteiger partial charge in [0.05, 0.1) is 0 Å². The molecule has 0 fully saturated rings. The van der Waals surface area contributed by atoms with Crippen molar-refractivity contribution in [3.8, 4) is 11.1 Å². The molecule has 0 saturated heterocycles. The zero-order chi connectivity index (χ0) is 21.4. The molecule has 0 radical (unpaired) electrons. The van der Waals surface area contributed by atoms with Crippen LogP contribution in [0, 0.1) is 5.82 Å². The molecule has 154 valence electrons. The quantitative estimate of drug-likeness (QED) is 0.275. The summed E-state index contributed by atoms with van der Waals surface area (Å²) in [4.78, 5) is 35.1. The summed E-state index contributed by atoms with van der Waals surface area (Å²) in [5.41, 5.74) is 13.4. The highest BCUT2D eigenvalue weighted by Crippen LogP contribution is 2.25. The highest BCUT2D eigenvalue weighted by atomic mass is 19.1. The number of hydroxylamine groups is 1. The van der Waals surface area contributed by atoms with Crippen molar-refractivity contribution in [1.82, 2.24) is 10.8 Å². The van der Waals surface area contributed by atoms with Gasteiger partial charge in [0, 0.05) is 36.3 Å². The molecule has 0 saturated carbocycles. The molecule has 29 heavy (non-hydrogen) atoms. The molecular weight excluding hydrogens is 381 g/mol. The van der Waals surface area contributed by atoms with Crippen LogP contribution in [0.2, 0.25) is 0 Å². The van der Waals surface area contributed by atoms with Crippen LogP contribution in [0.4, 0.5) is 10.1 Å². The Morgan fingerprint density at radius 3 is 2.31 bits per heavy atom. The monoisotopic (exact) mass is 403 g/mol. The van der Waals surface area contributed by atoms with Gasteiger partial charge in [-0.25, -0.2) is 9.87 Å². The second-order valence-corrected chi connectivity index (χ2v) is 6.10. The van der Waals surface area contributed by atoms with E-state index in [0.29, 0.717) is 11.3 Å². The molecule has 1 atom stereocenters. The van der Waals surface area contributed by atoms with E-state index in [0.717, 1.165) is 6.07 Å². The lowest BCUT2D eigenvalue weighted by molar-refractivity contribution is -0.130. The summed E-state index contributed by atoms with van der Waals surface area (Å²) in [6, 6.07) is 9.22. The molecule has 8 N–H and O–H groups in total. The Hall–Kier alpha value is -3.34. The van der Waals surface area contributed by atoms with Gasteiger partial charge in [0.2, 0.25) is 5.91 Å². The van der Waals surface area contributed by atoms with Crippen molar-refractivity contribution in [2.75, 3.05) is 18.4 Å². The zero-order valence-corrected chi connectivity index (χ0v) is 15.4. The first kappa shape index (κ1) is 22.0. The van der Waals surface area contributed by atoms with Crippen molar-refractivity contribution in [1.29, 1.82) is 0 Å². The topological polar surface area (TPSA) is 160 Å². The number of carbonyl (C=O) groups is 3. The Labute approximate surface area is 166 Å². The van der Waals surface area contributed by atoms with E-state index in [9.17, 15) is 18.8 Å². The summed E-state index contributed by atoms with van der Waals surface area (Å²) < 4.78 is 14.5. The highest BCUT2D eigenvalue weighted by Gasteiger charge is 2.20. The number of amides is 3. The van der Waals surface area contributed by atoms with Gasteiger partial charge in [0.1, 0.15) is 11.9 Å². The number of nitrogens with one attached hydrogen (secondary N) is 3. The lowest BCUT2D eigenvalue weighted by atomic mass is 10.0. The van der Waals surface area contributed by atoms with Gasteiger partial charge in [-0.15, -0.1) is 0 Å². The Morgan fingerprint density at radius 2 is 1.76 bits per heavy atom. The van der Waals surface area contributed by atoms with Crippen molar-refractivity contribution in [2.45, 2.75) is 12.5 Å². The number of nitrogens with two attached hydrogens (primary N) is 2. The molecule has 0 aliphatic rings. The fourth-order valence-electron chi connectivity index (χ4n) is 2.53. The van der Waals surface area contributed by atoms with E-state index < -0.39 is 23.7 Å². The van der Waals surface area contributed by atoms with Gasteiger partial charge in [0.15, 0.2) is 0 Å². The van der Waals surface area contributed by atoms with Gasteiger partial charge in [-0.2, -0.15) is 0 Å². The third-order valence-electron chi connectivity index (χ3n) is 4.05. The first-order chi connectivity index (χ1) is 13.9. The first-order valence-corrected chi connectivity index (χ1v) is 8.74. The van der Waals surface area contributed by atoms with Gasteiger partial charge >= 0.3 is 0 Å². The fourth-order valence-corrected chi connectivity index (χ4v) is 2.53. The molecular formula is C19H22FN5O4. The average Bonchev–Trinajstić information content (AvgIpc) is 2.72. The minimum Gasteiger partial charge on any atom is -0.339 e. The van der Waals surface area contributed by atoms with Crippen LogP contribution in [0.1, 0.15) is 16.8 Å². The lowest BCUT2D eigenvalue weighted by Gasteiger charge is -2.15. The molecule has 3 amide bonds. The summed E-state index contributed by atoms with van der Waals surface area (Å²) in [5, 5.41) is 13.6. The number of carbonyl (C=O) groups excluding carboxylic acids is 3. The SMILES string of the molecule is NCCC(=O)Nc1ccc(-c2ccc(C(=O)N[C@@H](CN)C(=O)NO)cc2F)cc1. The Bertz CT molecular complexity index is 889. The summed E-state index contributed by atoms with van der Waals surface area (Å²) >= 11 is 0. The Balaban J connectivity index is 2.13. The summed E-state index contributed by atoms with van der Waals surface area (Å²) in [5.74, 6) is -2.45. The highest BCUT2D eigenvalue weighted by molar-refractivity contribution is 5.98. The molecule has 2 aromatic rings. The first-order valence-electron chi connectivity index (χ1n) is 8.74. The van der Waals surface area contributed by atoms with Gasteiger partial charge in [-0.05, 0) is 29.8 Å². The van der Waals surface area contributed by atoms with E-state index >= 15 is 0 Å². The van der Waals surface area contributed by atoms with Crippen molar-refractivity contribution in [3.05, 3.63) is 53.8 Å². The smallest absolute Gasteiger partial charge is 0.267 e. The maximum absolute atomic E-state index is 14.5. The fraction of sp³-hybridized carbons (Fsp3) is 0.211. The maximum atomic E-state index is 14.5. The number of rotatable bonds is 8. The van der Waals surface area contributed by atoms with Crippen molar-refractivity contribution in [2.24, 2.45) is 11.5 Å². The van der Waals surface area contributed by atoms with Crippen LogP contribution in [-0.4, -0.2) is 42.1 Å². The zero-order valence-electron chi connectivity index (χ0n) is 15.4. The van der Waals surface area contributed by atoms with E-state index in [4.69, 9.17) is 16.7 Å². The van der Waals surface area contributed by atoms with Crippen molar-refractivity contribution in [3.63, 3.8) is 0 Å². The third-order valence-corrected chi connectivity index (χ3v) is 4.05.